The van der Waals surface area contributed by atoms with Gasteiger partial charge in [-0.3, -0.25) is 25.2 Å². The maximum absolute atomic E-state index is 11.6. The molecule has 0 aliphatic rings. The van der Waals surface area contributed by atoms with E-state index in [1.165, 1.54) is 0 Å². The molecule has 0 fully saturated rings. The number of rotatable bonds is 7. The number of aliphatic carboxylic acids is 1. The third-order valence-electron chi connectivity index (χ3n) is 2.68. The summed E-state index contributed by atoms with van der Waals surface area (Å²) in [6.07, 6.45) is 0.130. The normalized spacial score (nSPS) is 10.0. The van der Waals surface area contributed by atoms with Crippen LogP contribution in [0.25, 0.3) is 0 Å². The number of hydrazine groups is 1. The summed E-state index contributed by atoms with van der Waals surface area (Å²) < 4.78 is 7.01. The highest BCUT2D eigenvalue weighted by molar-refractivity contribution is 9.11. The highest BCUT2D eigenvalue weighted by atomic mass is 79.9. The van der Waals surface area contributed by atoms with Crippen LogP contribution >= 0.6 is 31.9 Å². The number of benzene rings is 1. The van der Waals surface area contributed by atoms with E-state index in [1.807, 2.05) is 13.0 Å². The minimum absolute atomic E-state index is 0.0187. The largest absolute Gasteiger partial charge is 0.482 e. The van der Waals surface area contributed by atoms with Crippen LogP contribution < -0.4 is 15.6 Å². The van der Waals surface area contributed by atoms with E-state index in [-0.39, 0.29) is 25.9 Å². The van der Waals surface area contributed by atoms with Gasteiger partial charge in [0.25, 0.3) is 5.91 Å². The van der Waals surface area contributed by atoms with E-state index in [0.29, 0.717) is 10.2 Å². The summed E-state index contributed by atoms with van der Waals surface area (Å²) in [5, 5.41) is 8.46. The first kappa shape index (κ1) is 19.4. The molecule has 0 aliphatic heterocycles. The summed E-state index contributed by atoms with van der Waals surface area (Å²) in [6, 6.07) is 3.65. The number of hydrogen-bond donors (Lipinski definition) is 3. The molecular weight excluding hydrogens is 436 g/mol. The summed E-state index contributed by atoms with van der Waals surface area (Å²) >= 11 is 6.69. The molecule has 0 heterocycles. The summed E-state index contributed by atoms with van der Waals surface area (Å²) in [5.74, 6) is -1.41. The Kier molecular flexibility index (Phi) is 8.04. The van der Waals surface area contributed by atoms with Gasteiger partial charge in [0.05, 0.1) is 4.47 Å². The number of hydrogen-bond acceptors (Lipinski definition) is 4. The zero-order valence-corrected chi connectivity index (χ0v) is 15.5. The van der Waals surface area contributed by atoms with Crippen molar-refractivity contribution >= 4 is 49.6 Å². The maximum Gasteiger partial charge on any atom is 0.303 e. The zero-order chi connectivity index (χ0) is 17.4. The molecule has 1 aromatic carbocycles. The average molecular weight is 452 g/mol. The monoisotopic (exact) mass is 450 g/mol. The number of carbonyl (C=O) groups is 3. The van der Waals surface area contributed by atoms with Crippen LogP contribution in [0.5, 0.6) is 5.75 Å². The number of nitrogens with one attached hydrogen (secondary N) is 2. The fourth-order valence-corrected chi connectivity index (χ4v) is 3.20. The standard InChI is InChI=1S/C14H16Br2N2O5/c1-8-5-9(15)6-10(16)14(8)23-7-12(20)18-17-11(19)3-2-4-13(21)22/h5-6H,2-4,7H2,1H3,(H,17,19)(H,18,20)(H,21,22). The van der Waals surface area contributed by atoms with E-state index in [4.69, 9.17) is 9.84 Å². The van der Waals surface area contributed by atoms with Crippen molar-refractivity contribution in [2.45, 2.75) is 26.2 Å². The molecule has 23 heavy (non-hydrogen) atoms. The van der Waals surface area contributed by atoms with Gasteiger partial charge in [-0.1, -0.05) is 15.9 Å². The number of carbonyl (C=O) groups excluding carboxylic acids is 2. The van der Waals surface area contributed by atoms with Crippen LogP contribution in [0.15, 0.2) is 21.1 Å². The fraction of sp³-hybridized carbons (Fsp3) is 0.357. The van der Waals surface area contributed by atoms with Gasteiger partial charge in [0.2, 0.25) is 5.91 Å². The Balaban J connectivity index is 2.35. The Morgan fingerprint density at radius 2 is 1.78 bits per heavy atom. The van der Waals surface area contributed by atoms with E-state index >= 15 is 0 Å². The van der Waals surface area contributed by atoms with E-state index in [0.717, 1.165) is 10.0 Å². The van der Waals surface area contributed by atoms with Gasteiger partial charge in [-0.25, -0.2) is 0 Å². The molecule has 1 rings (SSSR count). The third-order valence-corrected chi connectivity index (χ3v) is 3.72. The van der Waals surface area contributed by atoms with Crippen molar-refractivity contribution in [3.05, 3.63) is 26.6 Å². The lowest BCUT2D eigenvalue weighted by Gasteiger charge is -2.12. The predicted octanol–water partition coefficient (Wildman–Crippen LogP) is 2.30. The van der Waals surface area contributed by atoms with Crippen LogP contribution in [0, 0.1) is 6.92 Å². The van der Waals surface area contributed by atoms with Gasteiger partial charge in [0, 0.05) is 17.3 Å². The first-order valence-electron chi connectivity index (χ1n) is 6.67. The molecule has 0 saturated heterocycles. The van der Waals surface area contributed by atoms with Crippen LogP contribution in [-0.4, -0.2) is 29.5 Å². The number of aryl methyl sites for hydroxylation is 1. The lowest BCUT2D eigenvalue weighted by Crippen LogP contribution is -2.43. The molecule has 0 spiro atoms. The highest BCUT2D eigenvalue weighted by Crippen LogP contribution is 2.32. The molecule has 3 N–H and O–H groups in total. The van der Waals surface area contributed by atoms with E-state index in [9.17, 15) is 14.4 Å². The Bertz CT molecular complexity index is 584. The Hall–Kier alpha value is -1.61. The van der Waals surface area contributed by atoms with E-state index < -0.39 is 17.8 Å². The molecule has 0 radical (unpaired) electrons. The quantitative estimate of drug-likeness (QED) is 0.551. The van der Waals surface area contributed by atoms with Crippen LogP contribution in [-0.2, 0) is 14.4 Å². The van der Waals surface area contributed by atoms with Crippen LogP contribution in [0.1, 0.15) is 24.8 Å². The first-order valence-corrected chi connectivity index (χ1v) is 8.26. The molecule has 0 bridgehead atoms. The minimum atomic E-state index is -0.967. The molecule has 0 aliphatic carbocycles. The second kappa shape index (κ2) is 9.51. The summed E-state index contributed by atoms with van der Waals surface area (Å²) in [7, 11) is 0. The molecule has 2 amide bonds. The Morgan fingerprint density at radius 1 is 1.13 bits per heavy atom. The molecule has 0 atom stereocenters. The van der Waals surface area contributed by atoms with E-state index in [2.05, 4.69) is 42.7 Å². The maximum atomic E-state index is 11.6. The second-order valence-corrected chi connectivity index (χ2v) is 6.44. The van der Waals surface area contributed by atoms with Gasteiger partial charge >= 0.3 is 5.97 Å². The minimum Gasteiger partial charge on any atom is -0.482 e. The second-order valence-electron chi connectivity index (χ2n) is 4.67. The van der Waals surface area contributed by atoms with Crippen molar-refractivity contribution in [3.63, 3.8) is 0 Å². The van der Waals surface area contributed by atoms with Gasteiger partial charge in [-0.2, -0.15) is 0 Å². The van der Waals surface area contributed by atoms with Crippen LogP contribution in [0.4, 0.5) is 0 Å². The SMILES string of the molecule is Cc1cc(Br)cc(Br)c1OCC(=O)NNC(=O)CCCC(=O)O. The molecule has 1 aromatic rings. The van der Waals surface area contributed by atoms with Crippen molar-refractivity contribution < 1.29 is 24.2 Å². The molecule has 0 saturated carbocycles. The smallest absolute Gasteiger partial charge is 0.303 e. The summed E-state index contributed by atoms with van der Waals surface area (Å²) in [4.78, 5) is 33.3. The van der Waals surface area contributed by atoms with Crippen molar-refractivity contribution in [3.8, 4) is 5.75 Å². The number of halogens is 2. The van der Waals surface area contributed by atoms with Gasteiger partial charge in [-0.15, -0.1) is 0 Å². The van der Waals surface area contributed by atoms with E-state index in [1.54, 1.807) is 6.07 Å². The number of amides is 2. The van der Waals surface area contributed by atoms with Gasteiger partial charge in [0.15, 0.2) is 6.61 Å². The van der Waals surface area contributed by atoms with Crippen LogP contribution in [0.2, 0.25) is 0 Å². The lowest BCUT2D eigenvalue weighted by atomic mass is 10.2. The Labute approximate surface area is 150 Å². The molecular formula is C14H16Br2N2O5. The number of carboxylic acid groups (broad SMARTS) is 1. The van der Waals surface area contributed by atoms with Gasteiger partial charge in [0.1, 0.15) is 5.75 Å². The first-order chi connectivity index (χ1) is 10.8. The van der Waals surface area contributed by atoms with Crippen molar-refractivity contribution in [2.24, 2.45) is 0 Å². The molecule has 7 nitrogen and oxygen atoms in total. The zero-order valence-electron chi connectivity index (χ0n) is 12.3. The van der Waals surface area contributed by atoms with Gasteiger partial charge < -0.3 is 9.84 Å². The summed E-state index contributed by atoms with van der Waals surface area (Å²) in [5.41, 5.74) is 5.25. The van der Waals surface area contributed by atoms with Crippen LogP contribution in [0.3, 0.4) is 0 Å². The molecule has 0 aromatic heterocycles. The summed E-state index contributed by atoms with van der Waals surface area (Å²) in [6.45, 7) is 1.57. The predicted molar refractivity (Wildman–Crippen MR) is 89.8 cm³/mol. The third kappa shape index (κ3) is 7.47. The highest BCUT2D eigenvalue weighted by Gasteiger charge is 2.10. The molecule has 9 heteroatoms. The molecule has 126 valence electrons. The fourth-order valence-electron chi connectivity index (χ4n) is 1.65. The number of carboxylic acids is 1. The number of ether oxygens (including phenoxy) is 1. The average Bonchev–Trinajstić information content (AvgIpc) is 2.43. The van der Waals surface area contributed by atoms with Crippen molar-refractivity contribution in [1.29, 1.82) is 0 Å². The van der Waals surface area contributed by atoms with Crippen molar-refractivity contribution in [1.82, 2.24) is 10.9 Å². The lowest BCUT2D eigenvalue weighted by molar-refractivity contribution is -0.137. The topological polar surface area (TPSA) is 105 Å². The van der Waals surface area contributed by atoms with Gasteiger partial charge in [-0.05, 0) is 47.0 Å². The molecule has 0 unspecified atom stereocenters. The van der Waals surface area contributed by atoms with Crippen molar-refractivity contribution in [2.75, 3.05) is 6.61 Å². The Morgan fingerprint density at radius 3 is 2.39 bits per heavy atom.